The maximum atomic E-state index is 10.9. The van der Waals surface area contributed by atoms with Crippen molar-refractivity contribution >= 4 is 22.8 Å². The molecule has 0 aromatic carbocycles. The van der Waals surface area contributed by atoms with Crippen LogP contribution in [0.15, 0.2) is 23.8 Å². The topological polar surface area (TPSA) is 105 Å². The predicted octanol–water partition coefficient (Wildman–Crippen LogP) is 1.97. The molecule has 0 radical (unpaired) electrons. The third-order valence-electron chi connectivity index (χ3n) is 2.31. The van der Waals surface area contributed by atoms with E-state index >= 15 is 0 Å². The van der Waals surface area contributed by atoms with Gasteiger partial charge in [-0.25, -0.2) is 9.97 Å². The Morgan fingerprint density at radius 3 is 3.00 bits per heavy atom. The third-order valence-corrected chi connectivity index (χ3v) is 3.15. The summed E-state index contributed by atoms with van der Waals surface area (Å²) in [6, 6.07) is 3.03. The molecule has 0 aliphatic rings. The van der Waals surface area contributed by atoms with E-state index in [0.29, 0.717) is 13.0 Å². The lowest BCUT2D eigenvalue weighted by atomic mass is 10.2. The normalized spacial score (nSPS) is 9.84. The van der Waals surface area contributed by atoms with Crippen LogP contribution < -0.4 is 5.32 Å². The molecule has 0 saturated heterocycles. The van der Waals surface area contributed by atoms with Gasteiger partial charge in [0.05, 0.1) is 15.5 Å². The van der Waals surface area contributed by atoms with Gasteiger partial charge in [-0.15, -0.1) is 11.3 Å². The van der Waals surface area contributed by atoms with Crippen LogP contribution in [0, 0.1) is 21.4 Å². The molecule has 0 amide bonds. The fourth-order valence-electron chi connectivity index (χ4n) is 1.45. The second-order valence-electron chi connectivity index (χ2n) is 3.56. The molecule has 0 spiro atoms. The Morgan fingerprint density at radius 1 is 1.53 bits per heavy atom. The standard InChI is InChI=1S/C11H9N5O2S/c12-6-8-5-9(16(17)18)11(15-7-8)14-2-1-10-13-3-4-19-10/h3-5,7H,1-2H2,(H,14,15). The van der Waals surface area contributed by atoms with Gasteiger partial charge in [0.2, 0.25) is 5.82 Å². The molecule has 0 bridgehead atoms. The molecule has 0 fully saturated rings. The number of thiazole rings is 1. The minimum Gasteiger partial charge on any atom is -0.364 e. The van der Waals surface area contributed by atoms with E-state index in [0.717, 1.165) is 5.01 Å². The van der Waals surface area contributed by atoms with Crippen molar-refractivity contribution in [3.8, 4) is 6.07 Å². The van der Waals surface area contributed by atoms with E-state index in [2.05, 4.69) is 15.3 Å². The van der Waals surface area contributed by atoms with Crippen LogP contribution in [0.5, 0.6) is 0 Å². The summed E-state index contributed by atoms with van der Waals surface area (Å²) in [7, 11) is 0. The zero-order valence-electron chi connectivity index (χ0n) is 9.74. The summed E-state index contributed by atoms with van der Waals surface area (Å²) in [6.07, 6.45) is 3.68. The summed E-state index contributed by atoms with van der Waals surface area (Å²) < 4.78 is 0. The Morgan fingerprint density at radius 2 is 2.37 bits per heavy atom. The Labute approximate surface area is 112 Å². The molecule has 7 nitrogen and oxygen atoms in total. The Bertz CT molecular complexity index is 621. The van der Waals surface area contributed by atoms with Crippen molar-refractivity contribution in [2.45, 2.75) is 6.42 Å². The fraction of sp³-hybridized carbons (Fsp3) is 0.182. The summed E-state index contributed by atoms with van der Waals surface area (Å²) in [4.78, 5) is 18.3. The molecule has 0 atom stereocenters. The largest absolute Gasteiger partial charge is 0.364 e. The predicted molar refractivity (Wildman–Crippen MR) is 69.9 cm³/mol. The van der Waals surface area contributed by atoms with Gasteiger partial charge in [-0.1, -0.05) is 0 Å². The van der Waals surface area contributed by atoms with E-state index in [1.807, 2.05) is 11.4 Å². The lowest BCUT2D eigenvalue weighted by Crippen LogP contribution is -2.08. The van der Waals surface area contributed by atoms with Crippen LogP contribution in [0.3, 0.4) is 0 Å². The Balaban J connectivity index is 2.07. The molecular weight excluding hydrogens is 266 g/mol. The van der Waals surface area contributed by atoms with E-state index in [1.165, 1.54) is 23.6 Å². The second-order valence-corrected chi connectivity index (χ2v) is 4.54. The zero-order chi connectivity index (χ0) is 13.7. The molecule has 8 heteroatoms. The maximum absolute atomic E-state index is 10.9. The van der Waals surface area contributed by atoms with Crippen LogP contribution in [0.2, 0.25) is 0 Å². The molecular formula is C11H9N5O2S. The van der Waals surface area contributed by atoms with E-state index in [-0.39, 0.29) is 17.1 Å². The number of hydrogen-bond acceptors (Lipinski definition) is 7. The van der Waals surface area contributed by atoms with Crippen LogP contribution >= 0.6 is 11.3 Å². The van der Waals surface area contributed by atoms with Gasteiger partial charge >= 0.3 is 5.69 Å². The number of nitro groups is 1. The highest BCUT2D eigenvalue weighted by atomic mass is 32.1. The first-order chi connectivity index (χ1) is 9.20. The lowest BCUT2D eigenvalue weighted by Gasteiger charge is -2.04. The molecule has 0 aliphatic carbocycles. The highest BCUT2D eigenvalue weighted by molar-refractivity contribution is 7.09. The van der Waals surface area contributed by atoms with E-state index < -0.39 is 4.92 Å². The van der Waals surface area contributed by atoms with Crippen molar-refractivity contribution in [3.63, 3.8) is 0 Å². The number of nitriles is 1. The smallest absolute Gasteiger partial charge is 0.312 e. The van der Waals surface area contributed by atoms with Crippen LogP contribution in [-0.2, 0) is 6.42 Å². The van der Waals surface area contributed by atoms with E-state index in [1.54, 1.807) is 6.20 Å². The number of rotatable bonds is 5. The van der Waals surface area contributed by atoms with Crippen LogP contribution in [-0.4, -0.2) is 21.4 Å². The molecule has 2 aromatic rings. The minimum atomic E-state index is -0.556. The molecule has 0 aliphatic heterocycles. The zero-order valence-corrected chi connectivity index (χ0v) is 10.6. The Hall–Kier alpha value is -2.53. The van der Waals surface area contributed by atoms with Gasteiger partial charge in [0.25, 0.3) is 0 Å². The van der Waals surface area contributed by atoms with Gasteiger partial charge in [-0.2, -0.15) is 5.26 Å². The maximum Gasteiger partial charge on any atom is 0.312 e. The highest BCUT2D eigenvalue weighted by Gasteiger charge is 2.16. The monoisotopic (exact) mass is 275 g/mol. The van der Waals surface area contributed by atoms with Crippen molar-refractivity contribution in [2.24, 2.45) is 0 Å². The van der Waals surface area contributed by atoms with E-state index in [9.17, 15) is 10.1 Å². The van der Waals surface area contributed by atoms with Gasteiger partial charge in [0, 0.05) is 36.8 Å². The molecule has 96 valence electrons. The van der Waals surface area contributed by atoms with Crippen molar-refractivity contribution < 1.29 is 4.92 Å². The van der Waals surface area contributed by atoms with Crippen molar-refractivity contribution in [1.82, 2.24) is 9.97 Å². The first kappa shape index (κ1) is 12.9. The first-order valence-corrected chi connectivity index (χ1v) is 6.25. The van der Waals surface area contributed by atoms with Crippen molar-refractivity contribution in [1.29, 1.82) is 5.26 Å². The molecule has 2 heterocycles. The SMILES string of the molecule is N#Cc1cnc(NCCc2nccs2)c([N+](=O)[O-])c1. The number of hydrogen-bond donors (Lipinski definition) is 1. The first-order valence-electron chi connectivity index (χ1n) is 5.37. The molecule has 0 unspecified atom stereocenters. The summed E-state index contributed by atoms with van der Waals surface area (Å²) in [5, 5.41) is 25.3. The molecule has 2 rings (SSSR count). The highest BCUT2D eigenvalue weighted by Crippen LogP contribution is 2.22. The number of pyridine rings is 1. The third kappa shape index (κ3) is 3.23. The number of nitrogens with one attached hydrogen (secondary N) is 1. The number of anilines is 1. The minimum absolute atomic E-state index is 0.164. The summed E-state index contributed by atoms with van der Waals surface area (Å²) in [6.45, 7) is 0.493. The molecule has 19 heavy (non-hydrogen) atoms. The van der Waals surface area contributed by atoms with Crippen LogP contribution in [0.1, 0.15) is 10.6 Å². The lowest BCUT2D eigenvalue weighted by molar-refractivity contribution is -0.384. The van der Waals surface area contributed by atoms with Gasteiger partial charge in [0.15, 0.2) is 0 Å². The van der Waals surface area contributed by atoms with Gasteiger partial charge in [0.1, 0.15) is 6.07 Å². The van der Waals surface area contributed by atoms with E-state index in [4.69, 9.17) is 5.26 Å². The van der Waals surface area contributed by atoms with Crippen LogP contribution in [0.25, 0.3) is 0 Å². The summed E-state index contributed by atoms with van der Waals surface area (Å²) >= 11 is 1.53. The molecule has 2 aromatic heterocycles. The summed E-state index contributed by atoms with van der Waals surface area (Å²) in [5.74, 6) is 0.167. The second kappa shape index (κ2) is 5.88. The van der Waals surface area contributed by atoms with Gasteiger partial charge in [-0.3, -0.25) is 10.1 Å². The van der Waals surface area contributed by atoms with Gasteiger partial charge < -0.3 is 5.32 Å². The average Bonchev–Trinajstić information content (AvgIpc) is 2.92. The average molecular weight is 275 g/mol. The molecule has 0 saturated carbocycles. The summed E-state index contributed by atoms with van der Waals surface area (Å²) in [5.41, 5.74) is -0.0321. The fourth-order valence-corrected chi connectivity index (χ4v) is 2.07. The number of nitrogens with zero attached hydrogens (tertiary/aromatic N) is 4. The quantitative estimate of drug-likeness (QED) is 0.660. The molecule has 1 N–H and O–H groups in total. The Kier molecular flexibility index (Phi) is 4.00. The van der Waals surface area contributed by atoms with Crippen molar-refractivity contribution in [2.75, 3.05) is 11.9 Å². The van der Waals surface area contributed by atoms with Crippen molar-refractivity contribution in [3.05, 3.63) is 44.5 Å². The van der Waals surface area contributed by atoms with Gasteiger partial charge in [-0.05, 0) is 0 Å². The van der Waals surface area contributed by atoms with Crippen LogP contribution in [0.4, 0.5) is 11.5 Å². The number of aromatic nitrogens is 2.